The Balaban J connectivity index is 1.85. The van der Waals surface area contributed by atoms with E-state index in [0.29, 0.717) is 42.1 Å². The number of carbonyl (C=O) groups excluding carboxylic acids is 1. The number of benzene rings is 1. The van der Waals surface area contributed by atoms with Crippen LogP contribution in [0.2, 0.25) is 0 Å². The molecule has 8 nitrogen and oxygen atoms in total. The van der Waals surface area contributed by atoms with E-state index in [1.54, 1.807) is 4.90 Å². The summed E-state index contributed by atoms with van der Waals surface area (Å²) in [6.07, 6.45) is 0.379. The molecule has 0 unspecified atom stereocenters. The Morgan fingerprint density at radius 1 is 1.21 bits per heavy atom. The number of hydrogen-bond acceptors (Lipinski definition) is 5. The van der Waals surface area contributed by atoms with Crippen LogP contribution in [0.5, 0.6) is 5.75 Å². The summed E-state index contributed by atoms with van der Waals surface area (Å²) in [4.78, 5) is 33.8. The van der Waals surface area contributed by atoms with E-state index in [0.717, 1.165) is 11.3 Å². The van der Waals surface area contributed by atoms with Crippen molar-refractivity contribution in [1.82, 2.24) is 25.1 Å². The van der Waals surface area contributed by atoms with Crippen LogP contribution < -0.4 is 10.3 Å². The summed E-state index contributed by atoms with van der Waals surface area (Å²) in [5, 5.41) is 7.00. The van der Waals surface area contributed by atoms with Crippen LogP contribution in [0.15, 0.2) is 29.1 Å². The third-order valence-corrected chi connectivity index (χ3v) is 4.84. The highest BCUT2D eigenvalue weighted by Crippen LogP contribution is 2.22. The van der Waals surface area contributed by atoms with Crippen molar-refractivity contribution in [3.63, 3.8) is 0 Å². The number of H-pyrrole nitrogens is 2. The van der Waals surface area contributed by atoms with Gasteiger partial charge >= 0.3 is 0 Å². The molecule has 0 aliphatic rings. The number of aromatic nitrogens is 4. The number of ether oxygens (including phenoxy) is 1. The molecule has 0 fully saturated rings. The van der Waals surface area contributed by atoms with E-state index < -0.39 is 0 Å². The predicted octanol–water partition coefficient (Wildman–Crippen LogP) is 2.61. The number of para-hydroxylation sites is 1. The molecule has 8 heteroatoms. The SMILES string of the molecule is CCN(CC)C(=O)COc1ccccc1Cc1nc2c(C(C)C)n[nH]c2c(=O)[nH]1. The average Bonchev–Trinajstić information content (AvgIpc) is 3.13. The van der Waals surface area contributed by atoms with E-state index >= 15 is 0 Å². The molecule has 29 heavy (non-hydrogen) atoms. The smallest absolute Gasteiger partial charge is 0.276 e. The number of nitrogens with zero attached hydrogens (tertiary/aromatic N) is 3. The highest BCUT2D eigenvalue weighted by atomic mass is 16.5. The summed E-state index contributed by atoms with van der Waals surface area (Å²) in [7, 11) is 0. The molecule has 154 valence electrons. The van der Waals surface area contributed by atoms with E-state index in [1.807, 2.05) is 52.0 Å². The lowest BCUT2D eigenvalue weighted by atomic mass is 10.1. The van der Waals surface area contributed by atoms with Crippen molar-refractivity contribution in [1.29, 1.82) is 0 Å². The Kier molecular flexibility index (Phi) is 6.31. The quantitative estimate of drug-likeness (QED) is 0.608. The van der Waals surface area contributed by atoms with Crippen LogP contribution in [0, 0.1) is 0 Å². The first-order valence-electron chi connectivity index (χ1n) is 9.90. The van der Waals surface area contributed by atoms with Crippen molar-refractivity contribution in [3.8, 4) is 5.75 Å². The molecule has 2 aromatic heterocycles. The average molecular weight is 397 g/mol. The molecule has 0 aliphatic heterocycles. The first-order chi connectivity index (χ1) is 13.9. The van der Waals surface area contributed by atoms with E-state index in [4.69, 9.17) is 4.74 Å². The molecule has 2 N–H and O–H groups in total. The number of aromatic amines is 2. The molecule has 0 spiro atoms. The molecule has 0 atom stereocenters. The largest absolute Gasteiger partial charge is 0.483 e. The van der Waals surface area contributed by atoms with Crippen LogP contribution in [0.1, 0.15) is 50.7 Å². The van der Waals surface area contributed by atoms with Crippen molar-refractivity contribution in [2.45, 2.75) is 40.0 Å². The van der Waals surface area contributed by atoms with E-state index in [9.17, 15) is 9.59 Å². The fourth-order valence-corrected chi connectivity index (χ4v) is 3.24. The molecule has 2 heterocycles. The Bertz CT molecular complexity index is 1050. The Labute approximate surface area is 169 Å². The van der Waals surface area contributed by atoms with Gasteiger partial charge in [0.25, 0.3) is 11.5 Å². The standard InChI is InChI=1S/C21H27N5O3/c1-5-26(6-2)17(27)12-29-15-10-8-7-9-14(15)11-16-22-19-18(13(3)4)24-25-20(19)21(28)23-16/h7-10,13H,5-6,11-12H2,1-4H3,(H,24,25)(H,22,23,28). The normalized spacial score (nSPS) is 11.2. The maximum atomic E-state index is 12.4. The van der Waals surface area contributed by atoms with Crippen LogP contribution in [0.25, 0.3) is 11.0 Å². The van der Waals surface area contributed by atoms with Gasteiger partial charge in [-0.2, -0.15) is 5.10 Å². The van der Waals surface area contributed by atoms with E-state index in [2.05, 4.69) is 20.2 Å². The molecule has 0 saturated carbocycles. The summed E-state index contributed by atoms with van der Waals surface area (Å²) in [5.74, 6) is 1.22. The Morgan fingerprint density at radius 2 is 1.93 bits per heavy atom. The second-order valence-electron chi connectivity index (χ2n) is 7.14. The zero-order valence-electron chi connectivity index (χ0n) is 17.3. The molecule has 0 aliphatic carbocycles. The molecule has 0 saturated heterocycles. The zero-order valence-corrected chi connectivity index (χ0v) is 17.3. The summed E-state index contributed by atoms with van der Waals surface area (Å²) in [5.41, 5.74) is 2.33. The number of fused-ring (bicyclic) bond motifs is 1. The predicted molar refractivity (Wildman–Crippen MR) is 111 cm³/mol. The van der Waals surface area contributed by atoms with Gasteiger partial charge in [0.1, 0.15) is 22.6 Å². The number of likely N-dealkylation sites (N-methyl/N-ethyl adjacent to an activating group) is 1. The van der Waals surface area contributed by atoms with Crippen LogP contribution in [-0.4, -0.2) is 50.7 Å². The lowest BCUT2D eigenvalue weighted by molar-refractivity contribution is -0.132. The van der Waals surface area contributed by atoms with Gasteiger partial charge in [-0.1, -0.05) is 32.0 Å². The maximum Gasteiger partial charge on any atom is 0.276 e. The number of carbonyl (C=O) groups is 1. The van der Waals surface area contributed by atoms with Gasteiger partial charge in [0.05, 0.1) is 5.69 Å². The van der Waals surface area contributed by atoms with Crippen LogP contribution >= 0.6 is 0 Å². The van der Waals surface area contributed by atoms with Crippen molar-refractivity contribution >= 4 is 16.9 Å². The molecular formula is C21H27N5O3. The second kappa shape index (κ2) is 8.89. The minimum Gasteiger partial charge on any atom is -0.483 e. The minimum absolute atomic E-state index is 0.0269. The second-order valence-corrected chi connectivity index (χ2v) is 7.14. The van der Waals surface area contributed by atoms with Crippen molar-refractivity contribution in [3.05, 3.63) is 51.7 Å². The summed E-state index contributed by atoms with van der Waals surface area (Å²) < 4.78 is 5.79. The van der Waals surface area contributed by atoms with Crippen LogP contribution in [0.3, 0.4) is 0 Å². The highest BCUT2D eigenvalue weighted by molar-refractivity contribution is 5.78. The van der Waals surface area contributed by atoms with Gasteiger partial charge in [-0.25, -0.2) is 4.98 Å². The maximum absolute atomic E-state index is 12.4. The van der Waals surface area contributed by atoms with Gasteiger partial charge in [-0.05, 0) is 25.8 Å². The molecule has 0 radical (unpaired) electrons. The van der Waals surface area contributed by atoms with Gasteiger partial charge < -0.3 is 14.6 Å². The fourth-order valence-electron chi connectivity index (χ4n) is 3.24. The van der Waals surface area contributed by atoms with E-state index in [-0.39, 0.29) is 24.0 Å². The van der Waals surface area contributed by atoms with Gasteiger partial charge in [-0.15, -0.1) is 0 Å². The highest BCUT2D eigenvalue weighted by Gasteiger charge is 2.16. The Morgan fingerprint density at radius 3 is 2.62 bits per heavy atom. The molecule has 3 rings (SSSR count). The lowest BCUT2D eigenvalue weighted by Crippen LogP contribution is -2.34. The van der Waals surface area contributed by atoms with Crippen molar-refractivity contribution in [2.24, 2.45) is 0 Å². The monoisotopic (exact) mass is 397 g/mol. The fraction of sp³-hybridized carbons (Fsp3) is 0.429. The molecule has 0 bridgehead atoms. The first-order valence-corrected chi connectivity index (χ1v) is 9.90. The van der Waals surface area contributed by atoms with E-state index in [1.165, 1.54) is 0 Å². The van der Waals surface area contributed by atoms with Crippen molar-refractivity contribution in [2.75, 3.05) is 19.7 Å². The first kappa shape index (κ1) is 20.6. The Hall–Kier alpha value is -3.16. The van der Waals surface area contributed by atoms with Crippen LogP contribution in [-0.2, 0) is 11.2 Å². The number of amides is 1. The van der Waals surface area contributed by atoms with Gasteiger partial charge in [-0.3, -0.25) is 14.7 Å². The third-order valence-electron chi connectivity index (χ3n) is 4.84. The topological polar surface area (TPSA) is 104 Å². The van der Waals surface area contributed by atoms with Crippen LogP contribution in [0.4, 0.5) is 0 Å². The number of hydrogen-bond donors (Lipinski definition) is 2. The lowest BCUT2D eigenvalue weighted by Gasteiger charge is -2.19. The number of rotatable bonds is 8. The number of nitrogens with one attached hydrogen (secondary N) is 2. The van der Waals surface area contributed by atoms with Gasteiger partial charge in [0.15, 0.2) is 6.61 Å². The molecule has 1 amide bonds. The zero-order chi connectivity index (χ0) is 21.0. The summed E-state index contributed by atoms with van der Waals surface area (Å²) in [6.45, 7) is 9.16. The van der Waals surface area contributed by atoms with Gasteiger partial charge in [0.2, 0.25) is 0 Å². The molecular weight excluding hydrogens is 370 g/mol. The third kappa shape index (κ3) is 4.47. The summed E-state index contributed by atoms with van der Waals surface area (Å²) >= 11 is 0. The minimum atomic E-state index is -0.250. The van der Waals surface area contributed by atoms with Crippen molar-refractivity contribution < 1.29 is 9.53 Å². The molecule has 1 aromatic carbocycles. The van der Waals surface area contributed by atoms with Gasteiger partial charge in [0, 0.05) is 25.1 Å². The summed E-state index contributed by atoms with van der Waals surface area (Å²) in [6, 6.07) is 7.47. The molecule has 3 aromatic rings.